The second-order valence-electron chi connectivity index (χ2n) is 4.10. The van der Waals surface area contributed by atoms with Crippen molar-refractivity contribution >= 4 is 5.97 Å². The normalized spacial score (nSPS) is 16.5. The number of ether oxygens (including phenoxy) is 1. The molecule has 0 radical (unpaired) electrons. The average molecular weight is 239 g/mol. The molecule has 0 aromatic heterocycles. The number of benzene rings is 1. The first kappa shape index (κ1) is 11.9. The largest absolute Gasteiger partial charge is 0.491 e. The van der Waals surface area contributed by atoms with E-state index in [1.54, 1.807) is 6.07 Å². The van der Waals surface area contributed by atoms with E-state index in [0.717, 1.165) is 12.8 Å². The standard InChI is InChI=1S/C12H14FNO3/c13-8-2-1-3-10(6-8)17-7-11(12(15)16)14-9-4-5-9/h1-3,6,9,11,14H,4-5,7H2,(H,15,16). The second-order valence-corrected chi connectivity index (χ2v) is 4.10. The number of carboxylic acid groups (broad SMARTS) is 1. The Morgan fingerprint density at radius 2 is 2.35 bits per heavy atom. The monoisotopic (exact) mass is 239 g/mol. The molecule has 1 aliphatic carbocycles. The van der Waals surface area contributed by atoms with Crippen LogP contribution in [-0.2, 0) is 4.79 Å². The number of nitrogens with one attached hydrogen (secondary N) is 1. The summed E-state index contributed by atoms with van der Waals surface area (Å²) in [6, 6.07) is 5.20. The van der Waals surface area contributed by atoms with Crippen molar-refractivity contribution in [3.63, 3.8) is 0 Å². The smallest absolute Gasteiger partial charge is 0.324 e. The fourth-order valence-corrected chi connectivity index (χ4v) is 1.46. The van der Waals surface area contributed by atoms with E-state index in [9.17, 15) is 9.18 Å². The molecule has 17 heavy (non-hydrogen) atoms. The minimum absolute atomic E-state index is 0.00468. The van der Waals surface area contributed by atoms with E-state index in [1.807, 2.05) is 0 Å². The maximum Gasteiger partial charge on any atom is 0.324 e. The van der Waals surface area contributed by atoms with E-state index in [0.29, 0.717) is 5.75 Å². The molecule has 2 N–H and O–H groups in total. The molecule has 0 bridgehead atoms. The van der Waals surface area contributed by atoms with Gasteiger partial charge in [-0.3, -0.25) is 10.1 Å². The maximum atomic E-state index is 12.9. The van der Waals surface area contributed by atoms with E-state index in [4.69, 9.17) is 9.84 Å². The summed E-state index contributed by atoms with van der Waals surface area (Å²) in [5, 5.41) is 11.9. The van der Waals surface area contributed by atoms with Gasteiger partial charge < -0.3 is 9.84 Å². The lowest BCUT2D eigenvalue weighted by Gasteiger charge is -2.14. The maximum absolute atomic E-state index is 12.9. The van der Waals surface area contributed by atoms with Crippen molar-refractivity contribution in [2.75, 3.05) is 6.61 Å². The number of carboxylic acids is 1. The van der Waals surface area contributed by atoms with Gasteiger partial charge in [-0.15, -0.1) is 0 Å². The van der Waals surface area contributed by atoms with Crippen LogP contribution in [0.4, 0.5) is 4.39 Å². The Hall–Kier alpha value is -1.62. The Labute approximate surface area is 98.4 Å². The van der Waals surface area contributed by atoms with Gasteiger partial charge in [-0.05, 0) is 25.0 Å². The van der Waals surface area contributed by atoms with Crippen molar-refractivity contribution in [2.45, 2.75) is 24.9 Å². The van der Waals surface area contributed by atoms with Gasteiger partial charge in [0.05, 0.1) is 0 Å². The second kappa shape index (κ2) is 5.14. The fourth-order valence-electron chi connectivity index (χ4n) is 1.46. The summed E-state index contributed by atoms with van der Waals surface area (Å²) in [6.07, 6.45) is 2.01. The van der Waals surface area contributed by atoms with Gasteiger partial charge in [0.25, 0.3) is 0 Å². The van der Waals surface area contributed by atoms with Gasteiger partial charge >= 0.3 is 5.97 Å². The summed E-state index contributed by atoms with van der Waals surface area (Å²) in [7, 11) is 0. The van der Waals surface area contributed by atoms with Gasteiger partial charge in [0.15, 0.2) is 0 Å². The van der Waals surface area contributed by atoms with Crippen LogP contribution in [0.25, 0.3) is 0 Å². The molecule has 0 spiro atoms. The number of hydrogen-bond acceptors (Lipinski definition) is 3. The molecule has 5 heteroatoms. The van der Waals surface area contributed by atoms with Crippen molar-refractivity contribution in [1.29, 1.82) is 0 Å². The van der Waals surface area contributed by atoms with Crippen LogP contribution in [0.5, 0.6) is 5.75 Å². The third-order valence-corrected chi connectivity index (χ3v) is 2.53. The van der Waals surface area contributed by atoms with Gasteiger partial charge in [-0.25, -0.2) is 4.39 Å². The zero-order valence-electron chi connectivity index (χ0n) is 9.23. The van der Waals surface area contributed by atoms with Crippen LogP contribution in [0.1, 0.15) is 12.8 Å². The van der Waals surface area contributed by atoms with Crippen molar-refractivity contribution in [3.05, 3.63) is 30.1 Å². The predicted octanol–water partition coefficient (Wildman–Crippen LogP) is 1.41. The van der Waals surface area contributed by atoms with Crippen LogP contribution in [0, 0.1) is 5.82 Å². The topological polar surface area (TPSA) is 58.6 Å². The van der Waals surface area contributed by atoms with Crippen molar-refractivity contribution in [3.8, 4) is 5.75 Å². The van der Waals surface area contributed by atoms with Gasteiger partial charge in [0, 0.05) is 12.1 Å². The van der Waals surface area contributed by atoms with Crippen LogP contribution in [0.15, 0.2) is 24.3 Å². The van der Waals surface area contributed by atoms with Gasteiger partial charge in [0.1, 0.15) is 24.2 Å². The van der Waals surface area contributed by atoms with Gasteiger partial charge in [0.2, 0.25) is 0 Å². The molecule has 0 heterocycles. The van der Waals surface area contributed by atoms with Gasteiger partial charge in [-0.2, -0.15) is 0 Å². The highest BCUT2D eigenvalue weighted by Crippen LogP contribution is 2.20. The lowest BCUT2D eigenvalue weighted by Crippen LogP contribution is -2.42. The summed E-state index contributed by atoms with van der Waals surface area (Å²) in [5.41, 5.74) is 0. The highest BCUT2D eigenvalue weighted by atomic mass is 19.1. The highest BCUT2D eigenvalue weighted by molar-refractivity contribution is 5.73. The molecule has 4 nitrogen and oxygen atoms in total. The van der Waals surface area contributed by atoms with E-state index in [1.165, 1.54) is 18.2 Å². The van der Waals surface area contributed by atoms with Gasteiger partial charge in [-0.1, -0.05) is 6.07 Å². The predicted molar refractivity (Wildman–Crippen MR) is 59.5 cm³/mol. The zero-order chi connectivity index (χ0) is 12.3. The summed E-state index contributed by atoms with van der Waals surface area (Å²) in [5.74, 6) is -1.01. The quantitative estimate of drug-likeness (QED) is 0.788. The molecule has 1 fully saturated rings. The molecule has 1 unspecified atom stereocenters. The Morgan fingerprint density at radius 3 is 2.94 bits per heavy atom. The van der Waals surface area contributed by atoms with Crippen molar-refractivity contribution in [1.82, 2.24) is 5.32 Å². The Balaban J connectivity index is 1.87. The molecule has 1 aliphatic rings. The third kappa shape index (κ3) is 3.71. The summed E-state index contributed by atoms with van der Waals surface area (Å²) in [4.78, 5) is 10.9. The molecule has 0 saturated heterocycles. The minimum atomic E-state index is -0.951. The van der Waals surface area contributed by atoms with E-state index in [2.05, 4.69) is 5.32 Å². The number of aliphatic carboxylic acids is 1. The van der Waals surface area contributed by atoms with Crippen LogP contribution >= 0.6 is 0 Å². The van der Waals surface area contributed by atoms with Crippen LogP contribution in [-0.4, -0.2) is 29.8 Å². The van der Waals surface area contributed by atoms with E-state index >= 15 is 0 Å². The fraction of sp³-hybridized carbons (Fsp3) is 0.417. The highest BCUT2D eigenvalue weighted by Gasteiger charge is 2.28. The number of rotatable bonds is 6. The Kier molecular flexibility index (Phi) is 3.58. The van der Waals surface area contributed by atoms with Crippen LogP contribution in [0.2, 0.25) is 0 Å². The first-order valence-corrected chi connectivity index (χ1v) is 5.52. The molecule has 1 aromatic carbocycles. The first-order valence-electron chi connectivity index (χ1n) is 5.52. The lowest BCUT2D eigenvalue weighted by atomic mass is 10.3. The number of carbonyl (C=O) groups is 1. The molecule has 1 atom stereocenters. The number of hydrogen-bond donors (Lipinski definition) is 2. The summed E-state index contributed by atoms with van der Waals surface area (Å²) >= 11 is 0. The van der Waals surface area contributed by atoms with E-state index in [-0.39, 0.29) is 12.6 Å². The zero-order valence-corrected chi connectivity index (χ0v) is 9.23. The molecule has 1 aromatic rings. The minimum Gasteiger partial charge on any atom is -0.491 e. The number of halogens is 1. The van der Waals surface area contributed by atoms with Crippen LogP contribution < -0.4 is 10.1 Å². The third-order valence-electron chi connectivity index (χ3n) is 2.53. The molecule has 92 valence electrons. The first-order chi connectivity index (χ1) is 8.15. The molecule has 0 amide bonds. The van der Waals surface area contributed by atoms with Crippen molar-refractivity contribution < 1.29 is 19.0 Å². The van der Waals surface area contributed by atoms with E-state index < -0.39 is 17.8 Å². The molecule has 0 aliphatic heterocycles. The molecular formula is C12H14FNO3. The Morgan fingerprint density at radius 1 is 1.59 bits per heavy atom. The SMILES string of the molecule is O=C(O)C(COc1cccc(F)c1)NC1CC1. The lowest BCUT2D eigenvalue weighted by molar-refractivity contribution is -0.140. The average Bonchev–Trinajstić information content (AvgIpc) is 3.07. The van der Waals surface area contributed by atoms with Crippen LogP contribution in [0.3, 0.4) is 0 Å². The summed E-state index contributed by atoms with van der Waals surface area (Å²) in [6.45, 7) is -0.00468. The van der Waals surface area contributed by atoms with Crippen molar-refractivity contribution in [2.24, 2.45) is 0 Å². The molecule has 2 rings (SSSR count). The Bertz CT molecular complexity index is 406. The summed E-state index contributed by atoms with van der Waals surface area (Å²) < 4.78 is 18.1. The molecule has 1 saturated carbocycles. The molecular weight excluding hydrogens is 225 g/mol.